The standard InChI is InChI=1S/C16H23N3O4S/c1-11-4-6-13(24(18,22)23)9-14(11)16(21)19-8-2-3-12(10-19)5-7-15(17)20/h4,6,9,12H,2-3,5,7-8,10H2,1H3,(H2,17,20)(H2,18,22,23). The van der Waals surface area contributed by atoms with Crippen molar-refractivity contribution < 1.29 is 18.0 Å². The first-order valence-corrected chi connectivity index (χ1v) is 9.44. The van der Waals surface area contributed by atoms with E-state index in [1.807, 2.05) is 0 Å². The van der Waals surface area contributed by atoms with Crippen LogP contribution in [0.5, 0.6) is 0 Å². The van der Waals surface area contributed by atoms with Gasteiger partial charge in [-0.2, -0.15) is 0 Å². The van der Waals surface area contributed by atoms with E-state index < -0.39 is 10.0 Å². The number of sulfonamides is 1. The second kappa shape index (κ2) is 7.31. The normalized spacial score (nSPS) is 18.4. The Hall–Kier alpha value is -1.93. The number of primary amides is 1. The van der Waals surface area contributed by atoms with Crippen molar-refractivity contribution in [2.24, 2.45) is 16.8 Å². The number of nitrogens with zero attached hydrogens (tertiary/aromatic N) is 1. The Morgan fingerprint density at radius 3 is 2.67 bits per heavy atom. The molecule has 7 nitrogen and oxygen atoms in total. The van der Waals surface area contributed by atoms with Gasteiger partial charge in [-0.05, 0) is 49.8 Å². The number of piperidine rings is 1. The number of nitrogens with two attached hydrogens (primary N) is 2. The zero-order valence-corrected chi connectivity index (χ0v) is 14.5. The van der Waals surface area contributed by atoms with Crippen molar-refractivity contribution >= 4 is 21.8 Å². The van der Waals surface area contributed by atoms with E-state index in [1.165, 1.54) is 12.1 Å². The van der Waals surface area contributed by atoms with Crippen LogP contribution >= 0.6 is 0 Å². The Labute approximate surface area is 142 Å². The molecular formula is C16H23N3O4S. The summed E-state index contributed by atoms with van der Waals surface area (Å²) in [4.78, 5) is 25.4. The molecule has 0 spiro atoms. The molecule has 0 radical (unpaired) electrons. The van der Waals surface area contributed by atoms with Crippen molar-refractivity contribution in [2.75, 3.05) is 13.1 Å². The van der Waals surface area contributed by atoms with Gasteiger partial charge in [0, 0.05) is 25.1 Å². The largest absolute Gasteiger partial charge is 0.370 e. The van der Waals surface area contributed by atoms with Crippen LogP contribution in [0.4, 0.5) is 0 Å². The summed E-state index contributed by atoms with van der Waals surface area (Å²) < 4.78 is 23.0. The van der Waals surface area contributed by atoms with E-state index in [4.69, 9.17) is 10.9 Å². The summed E-state index contributed by atoms with van der Waals surface area (Å²) >= 11 is 0. The lowest BCUT2D eigenvalue weighted by atomic mass is 9.92. The SMILES string of the molecule is Cc1ccc(S(N)(=O)=O)cc1C(=O)N1CCCC(CCC(N)=O)C1. The molecule has 2 amide bonds. The molecule has 1 aliphatic heterocycles. The lowest BCUT2D eigenvalue weighted by Crippen LogP contribution is -2.40. The summed E-state index contributed by atoms with van der Waals surface area (Å²) in [6.07, 6.45) is 2.78. The lowest BCUT2D eigenvalue weighted by Gasteiger charge is -2.33. The highest BCUT2D eigenvalue weighted by Gasteiger charge is 2.26. The molecule has 1 saturated heterocycles. The Kier molecular flexibility index (Phi) is 5.61. The molecule has 1 unspecified atom stereocenters. The molecule has 2 rings (SSSR count). The minimum Gasteiger partial charge on any atom is -0.370 e. The molecule has 1 heterocycles. The fourth-order valence-corrected chi connectivity index (χ4v) is 3.55. The quantitative estimate of drug-likeness (QED) is 0.811. The maximum Gasteiger partial charge on any atom is 0.254 e. The van der Waals surface area contributed by atoms with Gasteiger partial charge in [0.15, 0.2) is 0 Å². The predicted octanol–water partition coefficient (Wildman–Crippen LogP) is 0.760. The molecule has 1 aliphatic rings. The molecule has 0 aliphatic carbocycles. The summed E-state index contributed by atoms with van der Waals surface area (Å²) in [6, 6.07) is 4.31. The van der Waals surface area contributed by atoms with Gasteiger partial charge in [0.05, 0.1) is 4.90 Å². The molecule has 0 bridgehead atoms. The Morgan fingerprint density at radius 2 is 2.04 bits per heavy atom. The molecule has 0 saturated carbocycles. The van der Waals surface area contributed by atoms with Crippen LogP contribution in [0, 0.1) is 12.8 Å². The van der Waals surface area contributed by atoms with Gasteiger partial charge in [-0.15, -0.1) is 0 Å². The third-order valence-corrected chi connectivity index (χ3v) is 5.28. The van der Waals surface area contributed by atoms with Crippen LogP contribution in [0.15, 0.2) is 23.1 Å². The highest BCUT2D eigenvalue weighted by atomic mass is 32.2. The van der Waals surface area contributed by atoms with Crippen LogP contribution in [0.1, 0.15) is 41.6 Å². The van der Waals surface area contributed by atoms with Gasteiger partial charge in [-0.1, -0.05) is 6.07 Å². The monoisotopic (exact) mass is 353 g/mol. The highest BCUT2D eigenvalue weighted by Crippen LogP contribution is 2.24. The van der Waals surface area contributed by atoms with E-state index in [-0.39, 0.29) is 22.6 Å². The van der Waals surface area contributed by atoms with E-state index in [1.54, 1.807) is 17.9 Å². The molecule has 1 aromatic rings. The number of hydrogen-bond acceptors (Lipinski definition) is 4. The number of carbonyl (C=O) groups is 2. The van der Waals surface area contributed by atoms with Crippen molar-refractivity contribution in [1.29, 1.82) is 0 Å². The number of rotatable bonds is 5. The Balaban J connectivity index is 2.17. The first kappa shape index (κ1) is 18.4. The summed E-state index contributed by atoms with van der Waals surface area (Å²) in [5.41, 5.74) is 6.23. The van der Waals surface area contributed by atoms with Crippen molar-refractivity contribution in [3.63, 3.8) is 0 Å². The van der Waals surface area contributed by atoms with Crippen LogP contribution in [-0.4, -0.2) is 38.2 Å². The average molecular weight is 353 g/mol. The molecule has 1 atom stereocenters. The number of benzene rings is 1. The second-order valence-electron chi connectivity index (χ2n) is 6.29. The number of likely N-dealkylation sites (tertiary alicyclic amines) is 1. The van der Waals surface area contributed by atoms with E-state index in [2.05, 4.69) is 0 Å². The third kappa shape index (κ3) is 4.55. The van der Waals surface area contributed by atoms with Gasteiger partial charge in [0.2, 0.25) is 15.9 Å². The molecule has 1 fully saturated rings. The van der Waals surface area contributed by atoms with Crippen LogP contribution in [0.25, 0.3) is 0 Å². The maximum absolute atomic E-state index is 12.8. The van der Waals surface area contributed by atoms with Gasteiger partial charge in [-0.25, -0.2) is 13.6 Å². The number of hydrogen-bond donors (Lipinski definition) is 2. The Morgan fingerprint density at radius 1 is 1.33 bits per heavy atom. The van der Waals surface area contributed by atoms with Crippen LogP contribution in [0.2, 0.25) is 0 Å². The van der Waals surface area contributed by atoms with Crippen molar-refractivity contribution in [3.05, 3.63) is 29.3 Å². The molecule has 1 aromatic carbocycles. The fraction of sp³-hybridized carbons (Fsp3) is 0.500. The molecule has 24 heavy (non-hydrogen) atoms. The first-order valence-electron chi connectivity index (χ1n) is 7.89. The van der Waals surface area contributed by atoms with Gasteiger partial charge >= 0.3 is 0 Å². The van der Waals surface area contributed by atoms with Gasteiger partial charge in [0.25, 0.3) is 5.91 Å². The summed E-state index contributed by atoms with van der Waals surface area (Å²) in [5.74, 6) is -0.311. The van der Waals surface area contributed by atoms with Crippen LogP contribution in [-0.2, 0) is 14.8 Å². The molecule has 8 heteroatoms. The molecular weight excluding hydrogens is 330 g/mol. The van der Waals surface area contributed by atoms with Gasteiger partial charge < -0.3 is 10.6 Å². The van der Waals surface area contributed by atoms with Gasteiger partial charge in [0.1, 0.15) is 0 Å². The first-order chi connectivity index (χ1) is 11.2. The second-order valence-corrected chi connectivity index (χ2v) is 7.85. The smallest absolute Gasteiger partial charge is 0.254 e. The predicted molar refractivity (Wildman–Crippen MR) is 89.6 cm³/mol. The van der Waals surface area contributed by atoms with Crippen molar-refractivity contribution in [1.82, 2.24) is 4.90 Å². The van der Waals surface area contributed by atoms with Gasteiger partial charge in [-0.3, -0.25) is 9.59 Å². The topological polar surface area (TPSA) is 124 Å². The average Bonchev–Trinajstić information content (AvgIpc) is 2.52. The Bertz CT molecular complexity index is 746. The maximum atomic E-state index is 12.8. The summed E-state index contributed by atoms with van der Waals surface area (Å²) in [5, 5.41) is 5.15. The minimum atomic E-state index is -3.86. The molecule has 4 N–H and O–H groups in total. The van der Waals surface area contributed by atoms with E-state index in [9.17, 15) is 18.0 Å². The van der Waals surface area contributed by atoms with E-state index in [0.29, 0.717) is 37.1 Å². The number of amides is 2. The lowest BCUT2D eigenvalue weighted by molar-refractivity contribution is -0.118. The zero-order chi connectivity index (χ0) is 17.9. The number of aryl methyl sites for hydroxylation is 1. The molecule has 0 aromatic heterocycles. The minimum absolute atomic E-state index is 0.0706. The third-order valence-electron chi connectivity index (χ3n) is 4.37. The van der Waals surface area contributed by atoms with Crippen molar-refractivity contribution in [3.8, 4) is 0 Å². The van der Waals surface area contributed by atoms with Crippen LogP contribution < -0.4 is 10.9 Å². The number of primary sulfonamides is 1. The summed E-state index contributed by atoms with van der Waals surface area (Å²) in [7, 11) is -3.86. The number of carbonyl (C=O) groups excluding carboxylic acids is 2. The fourth-order valence-electron chi connectivity index (χ4n) is 3.01. The molecule has 132 valence electrons. The van der Waals surface area contributed by atoms with E-state index in [0.717, 1.165) is 12.8 Å². The van der Waals surface area contributed by atoms with Crippen molar-refractivity contribution in [2.45, 2.75) is 37.5 Å². The summed E-state index contributed by atoms with van der Waals surface area (Å²) in [6.45, 7) is 2.92. The van der Waals surface area contributed by atoms with E-state index >= 15 is 0 Å². The highest BCUT2D eigenvalue weighted by molar-refractivity contribution is 7.89. The zero-order valence-electron chi connectivity index (χ0n) is 13.7. The van der Waals surface area contributed by atoms with Crippen LogP contribution in [0.3, 0.4) is 0 Å².